The van der Waals surface area contributed by atoms with Gasteiger partial charge in [-0.1, -0.05) is 82.2 Å². The van der Waals surface area contributed by atoms with Crippen LogP contribution in [0.15, 0.2) is 42.6 Å². The van der Waals surface area contributed by atoms with Gasteiger partial charge in [-0.3, -0.25) is 4.79 Å². The molecule has 1 heterocycles. The Hall–Kier alpha value is -2.11. The zero-order chi connectivity index (χ0) is 23.1. The third-order valence-electron chi connectivity index (χ3n) is 5.50. The number of nitrogens with two attached hydrogens (primary N) is 2. The summed E-state index contributed by atoms with van der Waals surface area (Å²) in [4.78, 5) is 14.2. The second kappa shape index (κ2) is 14.8. The number of benzene rings is 1. The van der Waals surface area contributed by atoms with Gasteiger partial charge in [0.1, 0.15) is 0 Å². The fraction of sp³-hybridized carbons (Fsp3) is 0.577. The lowest BCUT2D eigenvalue weighted by Crippen LogP contribution is -2.24. The zero-order valence-electron chi connectivity index (χ0n) is 19.7. The summed E-state index contributed by atoms with van der Waals surface area (Å²) in [6.07, 6.45) is 17.1. The van der Waals surface area contributed by atoms with Gasteiger partial charge in [-0.25, -0.2) is 0 Å². The van der Waals surface area contributed by atoms with Gasteiger partial charge in [-0.05, 0) is 44.9 Å². The summed E-state index contributed by atoms with van der Waals surface area (Å²) in [5.74, 6) is -0.854. The van der Waals surface area contributed by atoms with E-state index in [0.29, 0.717) is 6.42 Å². The quantitative estimate of drug-likeness (QED) is 0.239. The largest absolute Gasteiger partial charge is 0.481 e. The fourth-order valence-corrected chi connectivity index (χ4v) is 3.34. The maximum absolute atomic E-state index is 11.0. The summed E-state index contributed by atoms with van der Waals surface area (Å²) in [5, 5.41) is 10.2. The van der Waals surface area contributed by atoms with Crippen LogP contribution in [0.3, 0.4) is 0 Å². The van der Waals surface area contributed by atoms with Crippen molar-refractivity contribution in [2.45, 2.75) is 84.6 Å². The predicted molar refractivity (Wildman–Crippen MR) is 132 cm³/mol. The van der Waals surface area contributed by atoms with Crippen LogP contribution in [0.5, 0.6) is 0 Å². The standard InChI is InChI=1S/C16H20N2O2.C10H23N/c1-16(2,15(19)20)8-7-12(17)9-11-10-18-14-6-4-3-5-13(11)14;1-2-3-4-5-6-7-8-9-10-11/h3-8,10,12,18H,9,17H2,1-2H3,(H,19,20);2-11H2,1H3/b8-7+;/t12-;/m0./s1. The zero-order valence-corrected chi connectivity index (χ0v) is 19.7. The number of aromatic amines is 1. The highest BCUT2D eigenvalue weighted by Crippen LogP contribution is 2.20. The summed E-state index contributed by atoms with van der Waals surface area (Å²) in [6.45, 7) is 6.44. The average Bonchev–Trinajstić information content (AvgIpc) is 3.15. The number of aromatic nitrogens is 1. The molecule has 0 radical (unpaired) electrons. The number of carboxylic acid groups (broad SMARTS) is 1. The third kappa shape index (κ3) is 10.7. The third-order valence-corrected chi connectivity index (χ3v) is 5.50. The van der Waals surface area contributed by atoms with Crippen LogP contribution < -0.4 is 11.5 Å². The molecule has 0 unspecified atom stereocenters. The molecule has 5 nitrogen and oxygen atoms in total. The molecule has 2 aromatic rings. The van der Waals surface area contributed by atoms with Crippen molar-refractivity contribution in [2.24, 2.45) is 16.9 Å². The molecule has 1 atom stereocenters. The summed E-state index contributed by atoms with van der Waals surface area (Å²) >= 11 is 0. The van der Waals surface area contributed by atoms with E-state index in [4.69, 9.17) is 16.6 Å². The van der Waals surface area contributed by atoms with Gasteiger partial charge >= 0.3 is 5.97 Å². The number of carbonyl (C=O) groups is 1. The number of nitrogens with one attached hydrogen (secondary N) is 1. The molecular weight excluding hydrogens is 386 g/mol. The van der Waals surface area contributed by atoms with Crippen LogP contribution in [0, 0.1) is 5.41 Å². The first-order valence-corrected chi connectivity index (χ1v) is 11.7. The van der Waals surface area contributed by atoms with E-state index in [-0.39, 0.29) is 6.04 Å². The molecule has 6 N–H and O–H groups in total. The van der Waals surface area contributed by atoms with Crippen molar-refractivity contribution in [3.8, 4) is 0 Å². The average molecular weight is 430 g/mol. The smallest absolute Gasteiger partial charge is 0.312 e. The van der Waals surface area contributed by atoms with Gasteiger partial charge < -0.3 is 21.6 Å². The highest BCUT2D eigenvalue weighted by atomic mass is 16.4. The number of carboxylic acids is 1. The Kier molecular flexibility index (Phi) is 12.9. The topological polar surface area (TPSA) is 105 Å². The van der Waals surface area contributed by atoms with Gasteiger partial charge in [-0.15, -0.1) is 0 Å². The van der Waals surface area contributed by atoms with E-state index in [1.807, 2.05) is 24.4 Å². The number of unbranched alkanes of at least 4 members (excludes halogenated alkanes) is 7. The highest BCUT2D eigenvalue weighted by Gasteiger charge is 2.23. The first-order chi connectivity index (χ1) is 14.8. The van der Waals surface area contributed by atoms with E-state index >= 15 is 0 Å². The Balaban J connectivity index is 0.000000373. The Bertz CT molecular complexity index is 772. The Labute approximate surface area is 188 Å². The summed E-state index contributed by atoms with van der Waals surface area (Å²) in [7, 11) is 0. The van der Waals surface area contributed by atoms with Gasteiger partial charge in [0, 0.05) is 23.1 Å². The molecule has 5 heteroatoms. The van der Waals surface area contributed by atoms with Crippen LogP contribution >= 0.6 is 0 Å². The second-order valence-corrected chi connectivity index (χ2v) is 8.88. The monoisotopic (exact) mass is 429 g/mol. The van der Waals surface area contributed by atoms with E-state index in [9.17, 15) is 4.79 Å². The minimum absolute atomic E-state index is 0.201. The summed E-state index contributed by atoms with van der Waals surface area (Å²) < 4.78 is 0. The fourth-order valence-electron chi connectivity index (χ4n) is 3.34. The molecule has 1 aromatic carbocycles. The van der Waals surface area contributed by atoms with Gasteiger partial charge in [0.25, 0.3) is 0 Å². The normalized spacial score (nSPS) is 12.7. The Morgan fingerprint density at radius 2 is 1.71 bits per heavy atom. The predicted octanol–water partition coefficient (Wildman–Crippen LogP) is 5.79. The molecule has 0 aliphatic rings. The maximum atomic E-state index is 11.0. The van der Waals surface area contributed by atoms with Crippen molar-refractivity contribution in [1.29, 1.82) is 0 Å². The minimum atomic E-state index is -0.891. The maximum Gasteiger partial charge on any atom is 0.312 e. The van der Waals surface area contributed by atoms with Gasteiger partial charge in [0.05, 0.1) is 5.41 Å². The first kappa shape index (κ1) is 26.9. The molecule has 0 aliphatic heterocycles. The lowest BCUT2D eigenvalue weighted by atomic mass is 9.92. The van der Waals surface area contributed by atoms with Gasteiger partial charge in [-0.2, -0.15) is 0 Å². The SMILES string of the molecule is CC(C)(/C=C/[C@H](N)Cc1c[nH]c2ccccc12)C(=O)O.CCCCCCCCCCN. The molecule has 174 valence electrons. The van der Waals surface area contributed by atoms with Crippen LogP contribution in [0.25, 0.3) is 10.9 Å². The highest BCUT2D eigenvalue weighted by molar-refractivity contribution is 5.83. The molecule has 0 saturated carbocycles. The van der Waals surface area contributed by atoms with E-state index in [2.05, 4.69) is 18.0 Å². The Morgan fingerprint density at radius 3 is 2.32 bits per heavy atom. The lowest BCUT2D eigenvalue weighted by Gasteiger charge is -2.14. The second-order valence-electron chi connectivity index (χ2n) is 8.88. The van der Waals surface area contributed by atoms with Crippen LogP contribution in [0.2, 0.25) is 0 Å². The number of aliphatic carboxylic acids is 1. The Morgan fingerprint density at radius 1 is 1.10 bits per heavy atom. The number of H-pyrrole nitrogens is 1. The first-order valence-electron chi connectivity index (χ1n) is 11.7. The van der Waals surface area contributed by atoms with Crippen molar-refractivity contribution in [1.82, 2.24) is 4.98 Å². The molecule has 31 heavy (non-hydrogen) atoms. The molecule has 1 aromatic heterocycles. The molecule has 0 spiro atoms. The summed E-state index contributed by atoms with van der Waals surface area (Å²) in [5.41, 5.74) is 12.8. The van der Waals surface area contributed by atoms with E-state index < -0.39 is 11.4 Å². The molecule has 0 fully saturated rings. The molecule has 2 rings (SSSR count). The van der Waals surface area contributed by atoms with Crippen LogP contribution in [0.1, 0.15) is 77.7 Å². The van der Waals surface area contributed by atoms with Crippen molar-refractivity contribution >= 4 is 16.9 Å². The van der Waals surface area contributed by atoms with Crippen LogP contribution in [-0.4, -0.2) is 28.6 Å². The molecule has 0 amide bonds. The minimum Gasteiger partial charge on any atom is -0.481 e. The van der Waals surface area contributed by atoms with Crippen molar-refractivity contribution < 1.29 is 9.90 Å². The number of fused-ring (bicyclic) bond motifs is 1. The number of rotatable bonds is 13. The number of hydrogen-bond acceptors (Lipinski definition) is 3. The molecule has 0 bridgehead atoms. The van der Waals surface area contributed by atoms with E-state index in [1.54, 1.807) is 26.0 Å². The molecule has 0 aliphatic carbocycles. The van der Waals surface area contributed by atoms with Crippen molar-refractivity contribution in [2.75, 3.05) is 6.54 Å². The van der Waals surface area contributed by atoms with Gasteiger partial charge in [0.2, 0.25) is 0 Å². The summed E-state index contributed by atoms with van der Waals surface area (Å²) in [6, 6.07) is 7.85. The number of para-hydroxylation sites is 1. The lowest BCUT2D eigenvalue weighted by molar-refractivity contribution is -0.144. The van der Waals surface area contributed by atoms with E-state index in [1.165, 1.54) is 51.4 Å². The molecule has 0 saturated heterocycles. The van der Waals surface area contributed by atoms with Crippen LogP contribution in [0.4, 0.5) is 0 Å². The molecular formula is C26H43N3O2. The van der Waals surface area contributed by atoms with Crippen molar-refractivity contribution in [3.63, 3.8) is 0 Å². The van der Waals surface area contributed by atoms with Crippen LogP contribution in [-0.2, 0) is 11.2 Å². The van der Waals surface area contributed by atoms with Crippen molar-refractivity contribution in [3.05, 3.63) is 48.2 Å². The number of hydrogen-bond donors (Lipinski definition) is 4. The van der Waals surface area contributed by atoms with E-state index in [0.717, 1.165) is 23.0 Å². The van der Waals surface area contributed by atoms with Gasteiger partial charge in [0.15, 0.2) is 0 Å².